The number of ether oxygens (including phenoxy) is 1. The Morgan fingerprint density at radius 2 is 2.21 bits per heavy atom. The molecule has 0 aliphatic rings. The van der Waals surface area contributed by atoms with E-state index in [0.29, 0.717) is 11.3 Å². The molecule has 0 unspecified atom stereocenters. The first-order valence-corrected chi connectivity index (χ1v) is 3.92. The lowest BCUT2D eigenvalue weighted by Gasteiger charge is -2.07. The molecular weight excluding hydrogens is 182 g/mol. The molecule has 0 saturated carbocycles. The highest BCUT2D eigenvalue weighted by atomic mass is 16.5. The van der Waals surface area contributed by atoms with Crippen molar-refractivity contribution >= 4 is 5.97 Å². The Balaban J connectivity index is 3.41. The summed E-state index contributed by atoms with van der Waals surface area (Å²) in [5.41, 5.74) is 0.980. The molecule has 1 N–H and O–H groups in total. The fraction of sp³-hybridized carbons (Fsp3) is 0.200. The lowest BCUT2D eigenvalue weighted by atomic mass is 10.1. The van der Waals surface area contributed by atoms with Crippen LogP contribution in [0.4, 0.5) is 0 Å². The van der Waals surface area contributed by atoms with Crippen LogP contribution in [0.3, 0.4) is 0 Å². The van der Waals surface area contributed by atoms with Gasteiger partial charge in [-0.15, -0.1) is 0 Å². The molecule has 1 aromatic carbocycles. The second-order valence-corrected chi connectivity index (χ2v) is 2.79. The second-order valence-electron chi connectivity index (χ2n) is 2.79. The van der Waals surface area contributed by atoms with Crippen molar-refractivity contribution in [1.29, 1.82) is 5.26 Å². The van der Waals surface area contributed by atoms with Gasteiger partial charge in [-0.25, -0.2) is 4.79 Å². The summed E-state index contributed by atoms with van der Waals surface area (Å²) in [6, 6.07) is 4.67. The van der Waals surface area contributed by atoms with Crippen LogP contribution in [0.5, 0.6) is 5.75 Å². The van der Waals surface area contributed by atoms with E-state index < -0.39 is 5.97 Å². The number of nitrogens with zero attached hydrogens (tertiary/aromatic N) is 1. The first-order valence-electron chi connectivity index (χ1n) is 3.92. The van der Waals surface area contributed by atoms with Crippen molar-refractivity contribution < 1.29 is 14.6 Å². The van der Waals surface area contributed by atoms with Crippen molar-refractivity contribution in [3.05, 3.63) is 28.8 Å². The minimum Gasteiger partial charge on any atom is -0.495 e. The summed E-state index contributed by atoms with van der Waals surface area (Å²) in [5.74, 6) is -0.621. The predicted molar refractivity (Wildman–Crippen MR) is 49.4 cm³/mol. The molecule has 0 spiro atoms. The number of rotatable bonds is 2. The molecule has 1 rings (SSSR count). The Bertz CT molecular complexity index is 418. The second kappa shape index (κ2) is 3.79. The van der Waals surface area contributed by atoms with E-state index in [1.165, 1.54) is 19.2 Å². The van der Waals surface area contributed by atoms with E-state index in [1.807, 2.05) is 6.07 Å². The number of benzene rings is 1. The molecule has 0 aromatic heterocycles. The van der Waals surface area contributed by atoms with Gasteiger partial charge in [-0.1, -0.05) is 0 Å². The minimum absolute atomic E-state index is 0.0971. The number of aromatic carboxylic acids is 1. The topological polar surface area (TPSA) is 70.3 Å². The van der Waals surface area contributed by atoms with E-state index in [0.717, 1.165) is 0 Å². The summed E-state index contributed by atoms with van der Waals surface area (Å²) < 4.78 is 4.99. The number of methoxy groups -OCH3 is 1. The summed E-state index contributed by atoms with van der Waals surface area (Å²) in [7, 11) is 1.45. The maximum atomic E-state index is 10.7. The standard InChI is InChI=1S/C10H9NO3/c1-6-3-7(10(12)13)4-8(5-11)9(6)14-2/h3-4H,1-2H3,(H,12,13). The lowest BCUT2D eigenvalue weighted by molar-refractivity contribution is 0.0696. The Labute approximate surface area is 81.4 Å². The molecule has 0 radical (unpaired) electrons. The third-order valence-corrected chi connectivity index (χ3v) is 1.85. The summed E-state index contributed by atoms with van der Waals surface area (Å²) in [5, 5.41) is 17.5. The van der Waals surface area contributed by atoms with E-state index in [4.69, 9.17) is 15.1 Å². The highest BCUT2D eigenvalue weighted by Gasteiger charge is 2.11. The van der Waals surface area contributed by atoms with E-state index >= 15 is 0 Å². The van der Waals surface area contributed by atoms with Gasteiger partial charge in [0.1, 0.15) is 11.8 Å². The smallest absolute Gasteiger partial charge is 0.335 e. The monoisotopic (exact) mass is 191 g/mol. The quantitative estimate of drug-likeness (QED) is 0.770. The van der Waals surface area contributed by atoms with Crippen LogP contribution >= 0.6 is 0 Å². The van der Waals surface area contributed by atoms with E-state index in [2.05, 4.69) is 0 Å². The van der Waals surface area contributed by atoms with Gasteiger partial charge in [-0.3, -0.25) is 0 Å². The molecule has 4 nitrogen and oxygen atoms in total. The summed E-state index contributed by atoms with van der Waals surface area (Å²) in [6.45, 7) is 1.70. The Hall–Kier alpha value is -2.02. The van der Waals surface area contributed by atoms with Crippen LogP contribution < -0.4 is 4.74 Å². The molecule has 0 atom stereocenters. The molecule has 0 heterocycles. The number of nitriles is 1. The minimum atomic E-state index is -1.05. The van der Waals surface area contributed by atoms with E-state index in [9.17, 15) is 4.79 Å². The number of carbonyl (C=O) groups is 1. The van der Waals surface area contributed by atoms with Gasteiger partial charge >= 0.3 is 5.97 Å². The van der Waals surface area contributed by atoms with Crippen molar-refractivity contribution in [1.82, 2.24) is 0 Å². The van der Waals surface area contributed by atoms with Crippen LogP contribution in [-0.4, -0.2) is 18.2 Å². The van der Waals surface area contributed by atoms with Crippen LogP contribution in [0.1, 0.15) is 21.5 Å². The first-order chi connectivity index (χ1) is 6.60. The zero-order valence-corrected chi connectivity index (χ0v) is 7.87. The Kier molecular flexibility index (Phi) is 2.73. The molecule has 0 bridgehead atoms. The maximum absolute atomic E-state index is 10.7. The summed E-state index contributed by atoms with van der Waals surface area (Å²) in [6.07, 6.45) is 0. The third-order valence-electron chi connectivity index (χ3n) is 1.85. The number of hydrogen-bond acceptors (Lipinski definition) is 3. The van der Waals surface area contributed by atoms with Gasteiger partial charge in [0, 0.05) is 0 Å². The van der Waals surface area contributed by atoms with Crippen molar-refractivity contribution in [2.75, 3.05) is 7.11 Å². The molecule has 0 fully saturated rings. The molecule has 0 aliphatic heterocycles. The van der Waals surface area contributed by atoms with Gasteiger partial charge in [0.2, 0.25) is 0 Å². The lowest BCUT2D eigenvalue weighted by Crippen LogP contribution is -2.00. The van der Waals surface area contributed by atoms with E-state index in [1.54, 1.807) is 6.92 Å². The number of carboxylic acids is 1. The van der Waals surface area contributed by atoms with Crippen LogP contribution in [0.2, 0.25) is 0 Å². The largest absolute Gasteiger partial charge is 0.495 e. The SMILES string of the molecule is COc1c(C)cc(C(=O)O)cc1C#N. The van der Waals surface area contributed by atoms with Gasteiger partial charge in [-0.2, -0.15) is 5.26 Å². The number of aryl methyl sites for hydroxylation is 1. The fourth-order valence-electron chi connectivity index (χ4n) is 1.25. The van der Waals surface area contributed by atoms with Gasteiger partial charge in [0.05, 0.1) is 18.2 Å². The number of hydrogen-bond donors (Lipinski definition) is 1. The third kappa shape index (κ3) is 1.67. The van der Waals surface area contributed by atoms with Crippen molar-refractivity contribution in [2.24, 2.45) is 0 Å². The molecule has 4 heteroatoms. The van der Waals surface area contributed by atoms with Crippen LogP contribution in [-0.2, 0) is 0 Å². The highest BCUT2D eigenvalue weighted by Crippen LogP contribution is 2.24. The van der Waals surface area contributed by atoms with Gasteiger partial charge in [0.15, 0.2) is 0 Å². The molecule has 0 amide bonds. The predicted octanol–water partition coefficient (Wildman–Crippen LogP) is 1.57. The zero-order valence-electron chi connectivity index (χ0n) is 7.87. The maximum Gasteiger partial charge on any atom is 0.335 e. The van der Waals surface area contributed by atoms with Crippen molar-refractivity contribution in [2.45, 2.75) is 6.92 Å². The van der Waals surface area contributed by atoms with Gasteiger partial charge < -0.3 is 9.84 Å². The van der Waals surface area contributed by atoms with Crippen LogP contribution in [0, 0.1) is 18.3 Å². The van der Waals surface area contributed by atoms with Gasteiger partial charge in [0.25, 0.3) is 0 Å². The molecule has 1 aromatic rings. The molecule has 0 aliphatic carbocycles. The van der Waals surface area contributed by atoms with Crippen LogP contribution in [0.25, 0.3) is 0 Å². The van der Waals surface area contributed by atoms with Crippen molar-refractivity contribution in [3.63, 3.8) is 0 Å². The first kappa shape index (κ1) is 10.1. The fourth-order valence-corrected chi connectivity index (χ4v) is 1.25. The Morgan fingerprint density at radius 1 is 1.57 bits per heavy atom. The normalized spacial score (nSPS) is 9.21. The van der Waals surface area contributed by atoms with E-state index in [-0.39, 0.29) is 11.1 Å². The molecule has 14 heavy (non-hydrogen) atoms. The molecular formula is C10H9NO3. The van der Waals surface area contributed by atoms with Crippen molar-refractivity contribution in [3.8, 4) is 11.8 Å². The average Bonchev–Trinajstić information content (AvgIpc) is 2.16. The molecule has 72 valence electrons. The summed E-state index contributed by atoms with van der Waals surface area (Å²) >= 11 is 0. The average molecular weight is 191 g/mol. The summed E-state index contributed by atoms with van der Waals surface area (Å²) in [4.78, 5) is 10.7. The number of carboxylic acid groups (broad SMARTS) is 1. The highest BCUT2D eigenvalue weighted by molar-refractivity contribution is 5.88. The Morgan fingerprint density at radius 3 is 2.64 bits per heavy atom. The molecule has 0 saturated heterocycles. The zero-order chi connectivity index (χ0) is 10.7. The van der Waals surface area contributed by atoms with Crippen LogP contribution in [0.15, 0.2) is 12.1 Å². The van der Waals surface area contributed by atoms with Gasteiger partial charge in [-0.05, 0) is 24.6 Å².